The molecule has 0 saturated carbocycles. The number of allylic oxidation sites excluding steroid dienone is 2. The summed E-state index contributed by atoms with van der Waals surface area (Å²) in [6.07, 6.45) is 26.6. The summed E-state index contributed by atoms with van der Waals surface area (Å²) in [6, 6.07) is 0. The molecule has 3 N–H and O–H groups in total. The SMILES string of the molecule is CCCCCCCCC=CCCCCCCCCCCCC(=O)NC(=N)N(C)CC(=O)O. The summed E-state index contributed by atoms with van der Waals surface area (Å²) in [7, 11) is 1.48. The summed E-state index contributed by atoms with van der Waals surface area (Å²) >= 11 is 0. The average molecular weight is 452 g/mol. The van der Waals surface area contributed by atoms with Crippen LogP contribution in [-0.4, -0.2) is 41.4 Å². The molecule has 0 aromatic rings. The minimum absolute atomic E-state index is 0.161. The Hall–Kier alpha value is -1.85. The number of aliphatic carboxylic acids is 1. The van der Waals surface area contributed by atoms with E-state index in [-0.39, 0.29) is 18.4 Å². The molecule has 0 aliphatic carbocycles. The van der Waals surface area contributed by atoms with Crippen molar-refractivity contribution in [3.63, 3.8) is 0 Å². The van der Waals surface area contributed by atoms with Crippen molar-refractivity contribution in [2.24, 2.45) is 0 Å². The van der Waals surface area contributed by atoms with Crippen molar-refractivity contribution < 1.29 is 14.7 Å². The Morgan fingerprint density at radius 3 is 1.69 bits per heavy atom. The van der Waals surface area contributed by atoms with Crippen LogP contribution in [0.3, 0.4) is 0 Å². The van der Waals surface area contributed by atoms with Gasteiger partial charge in [0.25, 0.3) is 0 Å². The second-order valence-electron chi connectivity index (χ2n) is 8.90. The van der Waals surface area contributed by atoms with E-state index < -0.39 is 5.97 Å². The van der Waals surface area contributed by atoms with E-state index >= 15 is 0 Å². The zero-order valence-electron chi connectivity index (χ0n) is 20.8. The molecule has 6 heteroatoms. The molecule has 0 aliphatic rings. The molecular formula is C26H49N3O3. The highest BCUT2D eigenvalue weighted by Crippen LogP contribution is 2.12. The lowest BCUT2D eigenvalue weighted by molar-refractivity contribution is -0.137. The molecular weight excluding hydrogens is 402 g/mol. The average Bonchev–Trinajstić information content (AvgIpc) is 2.74. The van der Waals surface area contributed by atoms with Crippen molar-refractivity contribution in [1.82, 2.24) is 10.2 Å². The predicted octanol–water partition coefficient (Wildman–Crippen LogP) is 6.65. The Labute approximate surface area is 196 Å². The van der Waals surface area contributed by atoms with Crippen LogP contribution in [0.15, 0.2) is 12.2 Å². The number of unbranched alkanes of at least 4 members (excludes halogenated alkanes) is 15. The molecule has 0 unspecified atom stereocenters. The smallest absolute Gasteiger partial charge is 0.323 e. The Bertz CT molecular complexity index is 520. The number of nitrogens with zero attached hydrogens (tertiary/aromatic N) is 1. The number of hydrogen-bond acceptors (Lipinski definition) is 3. The molecule has 32 heavy (non-hydrogen) atoms. The quantitative estimate of drug-likeness (QED) is 0.0788. The minimum Gasteiger partial charge on any atom is -0.480 e. The molecule has 0 aromatic carbocycles. The summed E-state index contributed by atoms with van der Waals surface area (Å²) in [5.74, 6) is -1.40. The van der Waals surface area contributed by atoms with Crippen molar-refractivity contribution in [3.8, 4) is 0 Å². The summed E-state index contributed by atoms with van der Waals surface area (Å²) < 4.78 is 0. The van der Waals surface area contributed by atoms with Gasteiger partial charge in [-0.25, -0.2) is 0 Å². The van der Waals surface area contributed by atoms with E-state index in [9.17, 15) is 9.59 Å². The molecule has 0 aromatic heterocycles. The summed E-state index contributed by atoms with van der Waals surface area (Å²) in [5, 5.41) is 18.8. The largest absolute Gasteiger partial charge is 0.480 e. The molecule has 0 aliphatic heterocycles. The normalized spacial score (nSPS) is 11.1. The number of carbonyl (C=O) groups is 2. The lowest BCUT2D eigenvalue weighted by Gasteiger charge is -2.17. The molecule has 6 nitrogen and oxygen atoms in total. The van der Waals surface area contributed by atoms with Crippen molar-refractivity contribution in [2.75, 3.05) is 13.6 Å². The second kappa shape index (κ2) is 22.3. The van der Waals surface area contributed by atoms with Crippen LogP contribution in [0, 0.1) is 5.41 Å². The number of carboxylic acids is 1. The number of likely N-dealkylation sites (N-methyl/N-ethyl adjacent to an activating group) is 1. The van der Waals surface area contributed by atoms with Crippen LogP contribution in [0.5, 0.6) is 0 Å². The molecule has 0 saturated heterocycles. The van der Waals surface area contributed by atoms with Gasteiger partial charge in [-0.3, -0.25) is 20.3 Å². The lowest BCUT2D eigenvalue weighted by Crippen LogP contribution is -2.43. The number of rotatable bonds is 21. The van der Waals surface area contributed by atoms with Gasteiger partial charge in [-0.1, -0.05) is 96.1 Å². The van der Waals surface area contributed by atoms with E-state index in [0.717, 1.165) is 19.3 Å². The van der Waals surface area contributed by atoms with Gasteiger partial charge in [0.1, 0.15) is 6.54 Å². The monoisotopic (exact) mass is 451 g/mol. The number of carboxylic acid groups (broad SMARTS) is 1. The summed E-state index contributed by atoms with van der Waals surface area (Å²) in [5.41, 5.74) is 0. The predicted molar refractivity (Wildman–Crippen MR) is 134 cm³/mol. The van der Waals surface area contributed by atoms with E-state index in [0.29, 0.717) is 6.42 Å². The van der Waals surface area contributed by atoms with E-state index in [4.69, 9.17) is 10.5 Å². The molecule has 0 fully saturated rings. The molecule has 0 heterocycles. The highest BCUT2D eigenvalue weighted by molar-refractivity contribution is 5.96. The third kappa shape index (κ3) is 21.4. The maximum absolute atomic E-state index is 11.8. The Kier molecular flexibility index (Phi) is 21.1. The van der Waals surface area contributed by atoms with Gasteiger partial charge in [0.2, 0.25) is 5.91 Å². The van der Waals surface area contributed by atoms with Crippen LogP contribution in [0.2, 0.25) is 0 Å². The third-order valence-electron chi connectivity index (χ3n) is 5.68. The summed E-state index contributed by atoms with van der Waals surface area (Å²) in [6.45, 7) is 1.97. The van der Waals surface area contributed by atoms with Gasteiger partial charge in [-0.15, -0.1) is 0 Å². The number of carbonyl (C=O) groups excluding carboxylic acids is 1. The van der Waals surface area contributed by atoms with Gasteiger partial charge in [-0.2, -0.15) is 0 Å². The van der Waals surface area contributed by atoms with Gasteiger partial charge in [0.15, 0.2) is 5.96 Å². The van der Waals surface area contributed by atoms with Crippen LogP contribution in [0.4, 0.5) is 0 Å². The van der Waals surface area contributed by atoms with Crippen LogP contribution in [-0.2, 0) is 9.59 Å². The Morgan fingerprint density at radius 2 is 1.22 bits per heavy atom. The molecule has 0 spiro atoms. The van der Waals surface area contributed by atoms with Crippen LogP contribution in [0.25, 0.3) is 0 Å². The number of guanidine groups is 1. The first-order chi connectivity index (χ1) is 15.5. The third-order valence-corrected chi connectivity index (χ3v) is 5.68. The number of amides is 1. The molecule has 0 atom stereocenters. The second-order valence-corrected chi connectivity index (χ2v) is 8.90. The van der Waals surface area contributed by atoms with Crippen molar-refractivity contribution in [2.45, 2.75) is 122 Å². The van der Waals surface area contributed by atoms with Crippen LogP contribution in [0.1, 0.15) is 122 Å². The van der Waals surface area contributed by atoms with Crippen LogP contribution < -0.4 is 5.32 Å². The molecule has 186 valence electrons. The van der Waals surface area contributed by atoms with Gasteiger partial charge < -0.3 is 10.0 Å². The Balaban J connectivity index is 3.35. The van der Waals surface area contributed by atoms with E-state index in [1.807, 2.05) is 0 Å². The first-order valence-corrected chi connectivity index (χ1v) is 12.9. The Morgan fingerprint density at radius 1 is 0.781 bits per heavy atom. The molecule has 1 amide bonds. The van der Waals surface area contributed by atoms with Crippen molar-refractivity contribution in [3.05, 3.63) is 12.2 Å². The zero-order chi connectivity index (χ0) is 23.9. The van der Waals surface area contributed by atoms with Crippen molar-refractivity contribution >= 4 is 17.8 Å². The first kappa shape index (κ1) is 30.1. The molecule has 0 bridgehead atoms. The van der Waals surface area contributed by atoms with E-state index in [1.165, 1.54) is 102 Å². The van der Waals surface area contributed by atoms with Gasteiger partial charge in [-0.05, 0) is 32.1 Å². The standard InChI is InChI=1S/C26H49N3O3/c1-3-4-5-6-7-8-9-10-11-12-13-14-15-16-17-18-19-20-21-22-24(30)28-26(27)29(2)23-25(31)32/h10-11H,3-9,12-23H2,1-2H3,(H,31,32)(H2,27,28,30). The topological polar surface area (TPSA) is 93.5 Å². The highest BCUT2D eigenvalue weighted by atomic mass is 16.4. The maximum Gasteiger partial charge on any atom is 0.323 e. The van der Waals surface area contributed by atoms with E-state index in [1.54, 1.807) is 0 Å². The summed E-state index contributed by atoms with van der Waals surface area (Å²) in [4.78, 5) is 23.6. The van der Waals surface area contributed by atoms with Crippen LogP contribution >= 0.6 is 0 Å². The van der Waals surface area contributed by atoms with E-state index in [2.05, 4.69) is 24.4 Å². The fourth-order valence-corrected chi connectivity index (χ4v) is 3.64. The maximum atomic E-state index is 11.8. The minimum atomic E-state index is -1.03. The van der Waals surface area contributed by atoms with Gasteiger partial charge in [0, 0.05) is 13.5 Å². The zero-order valence-corrected chi connectivity index (χ0v) is 20.8. The van der Waals surface area contributed by atoms with Gasteiger partial charge in [0.05, 0.1) is 0 Å². The van der Waals surface area contributed by atoms with Gasteiger partial charge >= 0.3 is 5.97 Å². The number of hydrogen-bond donors (Lipinski definition) is 3. The fraction of sp³-hybridized carbons (Fsp3) is 0.808. The first-order valence-electron chi connectivity index (χ1n) is 12.9. The molecule has 0 rings (SSSR count). The lowest BCUT2D eigenvalue weighted by atomic mass is 10.1. The number of nitrogens with one attached hydrogen (secondary N) is 2. The van der Waals surface area contributed by atoms with Crippen molar-refractivity contribution in [1.29, 1.82) is 5.41 Å². The fourth-order valence-electron chi connectivity index (χ4n) is 3.64. The highest BCUT2D eigenvalue weighted by Gasteiger charge is 2.11. The molecule has 0 radical (unpaired) electrons.